The number of oxazole rings is 1. The molecule has 1 aromatic carbocycles. The molecule has 4 heterocycles. The van der Waals surface area contributed by atoms with Crippen molar-refractivity contribution in [3.63, 3.8) is 0 Å². The van der Waals surface area contributed by atoms with Gasteiger partial charge in [-0.15, -0.1) is 0 Å². The maximum absolute atomic E-state index is 13.3. The van der Waals surface area contributed by atoms with Crippen LogP contribution in [-0.2, 0) is 24.4 Å². The summed E-state index contributed by atoms with van der Waals surface area (Å²) < 4.78 is 11.1. The third-order valence-corrected chi connectivity index (χ3v) is 9.40. The maximum atomic E-state index is 13.3. The van der Waals surface area contributed by atoms with Gasteiger partial charge in [0, 0.05) is 70.4 Å². The van der Waals surface area contributed by atoms with Crippen molar-refractivity contribution in [1.82, 2.24) is 25.1 Å². The highest BCUT2D eigenvalue weighted by Gasteiger charge is 2.25. The number of pyridine rings is 1. The van der Waals surface area contributed by atoms with E-state index in [-0.39, 0.29) is 38.5 Å². The third-order valence-electron chi connectivity index (χ3n) is 8.99. The topological polar surface area (TPSA) is 136 Å². The number of β-amino-alcohol motifs (C(OH)–C–C–N with tert-alkyl or cyclic N) is 1. The molecule has 0 bridgehead atoms. The van der Waals surface area contributed by atoms with Gasteiger partial charge >= 0.3 is 0 Å². The van der Waals surface area contributed by atoms with Crippen molar-refractivity contribution in [2.75, 3.05) is 56.0 Å². The van der Waals surface area contributed by atoms with Crippen molar-refractivity contribution in [2.45, 2.75) is 64.3 Å². The number of anilines is 2. The summed E-state index contributed by atoms with van der Waals surface area (Å²) in [6.45, 7) is 6.62. The Hall–Kier alpha value is -3.52. The van der Waals surface area contributed by atoms with Crippen LogP contribution >= 0.6 is 25.1 Å². The van der Waals surface area contributed by atoms with Gasteiger partial charge in [0.2, 0.25) is 5.91 Å². The second-order valence-electron chi connectivity index (χ2n) is 12.2. The zero-order valence-corrected chi connectivity index (χ0v) is 28.5. The Morgan fingerprint density at radius 3 is 2.68 bits per heavy atom. The molecule has 3 aromatic rings. The lowest BCUT2D eigenvalue weighted by molar-refractivity contribution is -0.131. The van der Waals surface area contributed by atoms with E-state index < -0.39 is 6.10 Å². The highest BCUT2D eigenvalue weighted by Crippen LogP contribution is 2.34. The van der Waals surface area contributed by atoms with Crippen LogP contribution in [0.3, 0.4) is 0 Å². The molecule has 12 nitrogen and oxygen atoms in total. The SMILES string of the molecule is CCC(=O)N1CCN(c2cc(C(=O)NC[C@H](O)CN3CCc4c(ccc(OCc5cnco5)c4Cl)C3)cc(NC3CCC3)n2)CC1.S. The van der Waals surface area contributed by atoms with Crippen LogP contribution in [0.15, 0.2) is 41.3 Å². The number of hydrogen-bond donors (Lipinski definition) is 3. The number of piperazine rings is 1. The first kappa shape index (κ1) is 34.8. The van der Waals surface area contributed by atoms with Gasteiger partial charge in [0.05, 0.1) is 17.3 Å². The molecule has 1 saturated carbocycles. The normalized spacial score (nSPS) is 17.3. The number of hydrogen-bond acceptors (Lipinski definition) is 10. The lowest BCUT2D eigenvalue weighted by Gasteiger charge is -2.36. The van der Waals surface area contributed by atoms with Gasteiger partial charge in [0.1, 0.15) is 24.0 Å². The number of carbonyl (C=O) groups excluding carboxylic acids is 2. The lowest BCUT2D eigenvalue weighted by Crippen LogP contribution is -2.49. The fourth-order valence-corrected chi connectivity index (χ4v) is 6.44. The van der Waals surface area contributed by atoms with Crippen molar-refractivity contribution in [1.29, 1.82) is 0 Å². The molecular formula is C33H44ClN7O5S. The Kier molecular flexibility index (Phi) is 11.9. The average molecular weight is 686 g/mol. The zero-order chi connectivity index (χ0) is 32.0. The van der Waals surface area contributed by atoms with Crippen molar-refractivity contribution in [2.24, 2.45) is 0 Å². The lowest BCUT2D eigenvalue weighted by atomic mass is 9.93. The molecule has 1 aliphatic carbocycles. The fraction of sp³-hybridized carbons (Fsp3) is 0.515. The van der Waals surface area contributed by atoms with Gasteiger partial charge < -0.3 is 34.7 Å². The van der Waals surface area contributed by atoms with E-state index in [4.69, 9.17) is 25.7 Å². The summed E-state index contributed by atoms with van der Waals surface area (Å²) in [7, 11) is 0. The zero-order valence-electron chi connectivity index (χ0n) is 26.7. The van der Waals surface area contributed by atoms with Crippen LogP contribution in [0.5, 0.6) is 5.75 Å². The number of nitrogens with zero attached hydrogens (tertiary/aromatic N) is 5. The minimum Gasteiger partial charge on any atom is -0.484 e. The standard InChI is InChI=1S/C33H42ClN7O5.H2S/c1-2-31(43)41-12-10-40(11-13-41)30-15-23(14-29(38-30)37-24-4-3-5-24)33(44)36-16-25(42)19-39-9-8-27-22(18-39)6-7-28(32(27)34)45-20-26-17-35-21-46-26;/h6-7,14-15,17,21,24-25,42H,2-5,8-13,16,18-20H2,1H3,(H,36,44)(H,37,38);1H2/t25-;/m0./s1. The molecule has 47 heavy (non-hydrogen) atoms. The Morgan fingerprint density at radius 1 is 1.17 bits per heavy atom. The van der Waals surface area contributed by atoms with Gasteiger partial charge in [-0.05, 0) is 55.0 Å². The molecule has 254 valence electrons. The van der Waals surface area contributed by atoms with Crippen LogP contribution in [0.25, 0.3) is 0 Å². The maximum Gasteiger partial charge on any atom is 0.251 e. The highest BCUT2D eigenvalue weighted by molar-refractivity contribution is 7.59. The number of ether oxygens (including phenoxy) is 1. The number of amides is 2. The van der Waals surface area contributed by atoms with Gasteiger partial charge in [-0.2, -0.15) is 13.5 Å². The molecule has 1 saturated heterocycles. The van der Waals surface area contributed by atoms with Crippen LogP contribution < -0.4 is 20.3 Å². The molecule has 1 atom stereocenters. The summed E-state index contributed by atoms with van der Waals surface area (Å²) in [5, 5.41) is 17.9. The molecule has 14 heteroatoms. The molecule has 2 amide bonds. The molecule has 2 fully saturated rings. The van der Waals surface area contributed by atoms with Crippen LogP contribution in [0.2, 0.25) is 5.02 Å². The van der Waals surface area contributed by atoms with E-state index in [0.29, 0.717) is 79.6 Å². The van der Waals surface area contributed by atoms with E-state index >= 15 is 0 Å². The predicted molar refractivity (Wildman–Crippen MR) is 185 cm³/mol. The molecule has 2 aliphatic heterocycles. The van der Waals surface area contributed by atoms with Crippen LogP contribution in [-0.4, -0.2) is 94.6 Å². The smallest absolute Gasteiger partial charge is 0.251 e. The van der Waals surface area contributed by atoms with Crippen LogP contribution in [0, 0.1) is 0 Å². The number of rotatable bonds is 12. The third kappa shape index (κ3) is 8.69. The van der Waals surface area contributed by atoms with E-state index in [2.05, 4.69) is 25.4 Å². The molecule has 3 aliphatic rings. The van der Waals surface area contributed by atoms with E-state index in [1.54, 1.807) is 18.3 Å². The number of benzene rings is 1. The first-order valence-electron chi connectivity index (χ1n) is 16.2. The molecule has 3 N–H and O–H groups in total. The molecule has 2 aromatic heterocycles. The number of aliphatic hydroxyl groups excluding tert-OH is 1. The quantitative estimate of drug-likeness (QED) is 0.260. The van der Waals surface area contributed by atoms with E-state index in [1.165, 1.54) is 12.8 Å². The summed E-state index contributed by atoms with van der Waals surface area (Å²) in [5.41, 5.74) is 2.64. The van der Waals surface area contributed by atoms with E-state index in [0.717, 1.165) is 42.8 Å². The molecule has 0 unspecified atom stereocenters. The van der Waals surface area contributed by atoms with Crippen LogP contribution in [0.4, 0.5) is 11.6 Å². The second-order valence-corrected chi connectivity index (χ2v) is 12.6. The summed E-state index contributed by atoms with van der Waals surface area (Å²) in [5.74, 6) is 2.52. The number of fused-ring (bicyclic) bond motifs is 1. The number of nitrogens with one attached hydrogen (secondary N) is 2. The Bertz CT molecular complexity index is 1520. The fourth-order valence-electron chi connectivity index (χ4n) is 6.11. The minimum absolute atomic E-state index is 0. The summed E-state index contributed by atoms with van der Waals surface area (Å²) >= 11 is 6.68. The Labute approximate surface area is 287 Å². The summed E-state index contributed by atoms with van der Waals surface area (Å²) in [4.78, 5) is 40.4. The van der Waals surface area contributed by atoms with Gasteiger partial charge in [-0.1, -0.05) is 24.6 Å². The van der Waals surface area contributed by atoms with Gasteiger partial charge in [-0.25, -0.2) is 9.97 Å². The molecule has 0 spiro atoms. The Morgan fingerprint density at radius 2 is 1.98 bits per heavy atom. The number of aromatic nitrogens is 2. The first-order chi connectivity index (χ1) is 22.4. The van der Waals surface area contributed by atoms with Crippen LogP contribution in [0.1, 0.15) is 59.9 Å². The molecular weight excluding hydrogens is 642 g/mol. The van der Waals surface area contributed by atoms with Crippen molar-refractivity contribution in [3.05, 3.63) is 64.3 Å². The predicted octanol–water partition coefficient (Wildman–Crippen LogP) is 3.59. The summed E-state index contributed by atoms with van der Waals surface area (Å²) in [6.07, 6.45) is 6.81. The number of aliphatic hydroxyl groups is 1. The second kappa shape index (κ2) is 16.1. The average Bonchev–Trinajstić information content (AvgIpc) is 3.58. The van der Waals surface area contributed by atoms with E-state index in [9.17, 15) is 14.7 Å². The monoisotopic (exact) mass is 685 g/mol. The van der Waals surface area contributed by atoms with Gasteiger partial charge in [-0.3, -0.25) is 14.5 Å². The summed E-state index contributed by atoms with van der Waals surface area (Å²) in [6, 6.07) is 7.83. The number of halogens is 1. The largest absolute Gasteiger partial charge is 0.484 e. The van der Waals surface area contributed by atoms with Crippen molar-refractivity contribution in [3.8, 4) is 5.75 Å². The minimum atomic E-state index is -0.747. The number of carbonyl (C=O) groups is 2. The Balaban J connectivity index is 0.00000433. The first-order valence-corrected chi connectivity index (χ1v) is 16.5. The van der Waals surface area contributed by atoms with Crippen molar-refractivity contribution < 1.29 is 23.8 Å². The van der Waals surface area contributed by atoms with Gasteiger partial charge in [0.15, 0.2) is 12.2 Å². The highest BCUT2D eigenvalue weighted by atomic mass is 35.5. The molecule has 0 radical (unpaired) electrons. The van der Waals surface area contributed by atoms with E-state index in [1.807, 2.05) is 24.0 Å². The molecule has 6 rings (SSSR count). The van der Waals surface area contributed by atoms with Crippen molar-refractivity contribution >= 4 is 48.5 Å². The van der Waals surface area contributed by atoms with Gasteiger partial charge in [0.25, 0.3) is 5.91 Å².